The summed E-state index contributed by atoms with van der Waals surface area (Å²) >= 11 is 0. The van der Waals surface area contributed by atoms with Crippen molar-refractivity contribution in [1.29, 1.82) is 0 Å². The Morgan fingerprint density at radius 3 is 1.34 bits per heavy atom. The van der Waals surface area contributed by atoms with Gasteiger partial charge in [-0.2, -0.15) is 0 Å². The van der Waals surface area contributed by atoms with E-state index in [1.54, 1.807) is 0 Å². The highest BCUT2D eigenvalue weighted by atomic mass is 15.1. The minimum Gasteiger partial charge on any atom is -0.310 e. The van der Waals surface area contributed by atoms with Gasteiger partial charge in [-0.3, -0.25) is 0 Å². The van der Waals surface area contributed by atoms with Crippen LogP contribution < -0.4 is 4.90 Å². The molecule has 82 heavy (non-hydrogen) atoms. The fraction of sp³-hybridized carbons (Fsp3) is 0.0500. The van der Waals surface area contributed by atoms with E-state index in [1.807, 2.05) is 12.2 Å². The molecule has 0 spiro atoms. The average Bonchev–Trinajstić information content (AvgIpc) is 2.33. The number of para-hydroxylation sites is 1. The molecular weight excluding hydrogens is 989 g/mol. The average molecular weight is 1050 g/mol. The first-order valence-corrected chi connectivity index (χ1v) is 28.5. The van der Waals surface area contributed by atoms with E-state index >= 15 is 0 Å². The van der Waals surface area contributed by atoms with Crippen LogP contribution in [0, 0.1) is 0 Å². The van der Waals surface area contributed by atoms with E-state index in [9.17, 15) is 0 Å². The molecule has 1 heterocycles. The number of nitrogens with zero attached hydrogens (tertiary/aromatic N) is 2. The van der Waals surface area contributed by atoms with Gasteiger partial charge in [0.25, 0.3) is 0 Å². The van der Waals surface area contributed by atoms with Crippen molar-refractivity contribution in [2.24, 2.45) is 0 Å². The molecule has 0 fully saturated rings. The molecule has 0 bridgehead atoms. The lowest BCUT2D eigenvalue weighted by atomic mass is 9.67. The molecule has 0 saturated carbocycles. The minimum absolute atomic E-state index is 0.184. The van der Waals surface area contributed by atoms with Gasteiger partial charge in [0, 0.05) is 38.8 Å². The standard InChI is InChI=1S/C80H58N2/c1-5-53-30-34-55(35-31-53)58-38-46-77-70(48-58)71-49-59(56-36-32-54(6-2)33-37-56)39-47-78(71)82(77)64-42-45-69-68-44-41-63(51-74(68)80(75(69)52-64,60-22-12-8-13-23-60)61-24-14-9-15-25-61)81(76-29-19-17-26-65(76)57-20-10-7-11-21-57)62-40-43-67-66-27-16-18-28-72(66)79(3,4)73(67)50-62/h5-52H,1-2H2,3-4H3. The third kappa shape index (κ3) is 7.56. The number of aromatic nitrogens is 1. The van der Waals surface area contributed by atoms with Crippen molar-refractivity contribution in [2.75, 3.05) is 4.90 Å². The van der Waals surface area contributed by atoms with Crippen LogP contribution in [0.1, 0.15) is 58.4 Å². The first-order chi connectivity index (χ1) is 40.3. The summed E-state index contributed by atoms with van der Waals surface area (Å²) < 4.78 is 2.49. The summed E-state index contributed by atoms with van der Waals surface area (Å²) in [6, 6.07) is 104. The molecule has 1 aromatic heterocycles. The fourth-order valence-electron chi connectivity index (χ4n) is 13.8. The molecule has 0 unspecified atom stereocenters. The van der Waals surface area contributed by atoms with Crippen LogP contribution in [0.3, 0.4) is 0 Å². The Kier molecular flexibility index (Phi) is 11.4. The van der Waals surface area contributed by atoms with Crippen LogP contribution in [0.4, 0.5) is 17.1 Å². The third-order valence-electron chi connectivity index (χ3n) is 17.8. The first-order valence-electron chi connectivity index (χ1n) is 28.5. The highest BCUT2D eigenvalue weighted by molar-refractivity contribution is 6.12. The van der Waals surface area contributed by atoms with Gasteiger partial charge >= 0.3 is 0 Å². The maximum absolute atomic E-state index is 4.01. The SMILES string of the molecule is C=Cc1ccc(-c2ccc3c(c2)c2cc(-c4ccc(C=C)cc4)ccc2n3-c2ccc3c(c2)C(c2ccccc2)(c2ccccc2)c2cc(N(c4ccc5c(c4)C(C)(C)c4ccccc4-5)c4ccccc4-c4ccccc4)ccc2-3)cc1. The largest absolute Gasteiger partial charge is 0.310 e. The molecule has 2 heteroatoms. The van der Waals surface area contributed by atoms with Gasteiger partial charge in [0.05, 0.1) is 22.1 Å². The van der Waals surface area contributed by atoms with Crippen LogP contribution in [-0.2, 0) is 10.8 Å². The Morgan fingerprint density at radius 2 is 0.780 bits per heavy atom. The number of hydrogen-bond donors (Lipinski definition) is 0. The van der Waals surface area contributed by atoms with Gasteiger partial charge in [-0.1, -0.05) is 251 Å². The molecule has 2 aliphatic rings. The summed E-state index contributed by atoms with van der Waals surface area (Å²) in [7, 11) is 0. The summed E-state index contributed by atoms with van der Waals surface area (Å²) in [5, 5.41) is 2.40. The highest BCUT2D eigenvalue weighted by Gasteiger charge is 2.47. The van der Waals surface area contributed by atoms with Gasteiger partial charge < -0.3 is 9.47 Å². The van der Waals surface area contributed by atoms with Crippen molar-refractivity contribution in [3.63, 3.8) is 0 Å². The maximum atomic E-state index is 4.01. The van der Waals surface area contributed by atoms with E-state index in [0.717, 1.165) is 44.9 Å². The normalized spacial score (nSPS) is 13.3. The molecule has 0 radical (unpaired) electrons. The van der Waals surface area contributed by atoms with Crippen molar-refractivity contribution >= 4 is 51.0 Å². The second-order valence-corrected chi connectivity index (χ2v) is 22.5. The number of benzene rings is 12. The number of hydrogen-bond acceptors (Lipinski definition) is 1. The van der Waals surface area contributed by atoms with Crippen LogP contribution in [-0.4, -0.2) is 4.57 Å². The van der Waals surface area contributed by atoms with Crippen molar-refractivity contribution in [2.45, 2.75) is 24.7 Å². The first kappa shape index (κ1) is 48.8. The van der Waals surface area contributed by atoms with Crippen molar-refractivity contribution in [3.05, 3.63) is 337 Å². The van der Waals surface area contributed by atoms with E-state index in [2.05, 4.69) is 316 Å². The predicted molar refractivity (Wildman–Crippen MR) is 347 cm³/mol. The molecule has 2 nitrogen and oxygen atoms in total. The Hall–Kier alpha value is -10.3. The van der Waals surface area contributed by atoms with Crippen molar-refractivity contribution in [1.82, 2.24) is 4.57 Å². The molecule has 388 valence electrons. The molecule has 2 aliphatic carbocycles. The van der Waals surface area contributed by atoms with Gasteiger partial charge in [0.15, 0.2) is 0 Å². The van der Waals surface area contributed by atoms with Crippen LogP contribution in [0.2, 0.25) is 0 Å². The van der Waals surface area contributed by atoms with Crippen LogP contribution in [0.5, 0.6) is 0 Å². The Balaban J connectivity index is 0.966. The van der Waals surface area contributed by atoms with Gasteiger partial charge in [0.2, 0.25) is 0 Å². The maximum Gasteiger partial charge on any atom is 0.0715 e. The molecule has 15 rings (SSSR count). The molecule has 0 aliphatic heterocycles. The van der Waals surface area contributed by atoms with Gasteiger partial charge in [-0.05, 0) is 161 Å². The number of rotatable bonds is 11. The monoisotopic (exact) mass is 1050 g/mol. The van der Waals surface area contributed by atoms with E-state index in [-0.39, 0.29) is 5.41 Å². The van der Waals surface area contributed by atoms with Gasteiger partial charge in [-0.15, -0.1) is 0 Å². The second-order valence-electron chi connectivity index (χ2n) is 22.5. The lowest BCUT2D eigenvalue weighted by molar-refractivity contribution is 0.660. The molecule has 12 aromatic carbocycles. The summed E-state index contributed by atoms with van der Waals surface area (Å²) in [6.07, 6.45) is 3.80. The summed E-state index contributed by atoms with van der Waals surface area (Å²) in [5.74, 6) is 0. The molecule has 0 amide bonds. The van der Waals surface area contributed by atoms with Gasteiger partial charge in [-0.25, -0.2) is 0 Å². The molecule has 13 aromatic rings. The fourth-order valence-corrected chi connectivity index (χ4v) is 13.8. The van der Waals surface area contributed by atoms with E-state index in [0.29, 0.717) is 0 Å². The summed E-state index contributed by atoms with van der Waals surface area (Å²) in [4.78, 5) is 2.51. The third-order valence-corrected chi connectivity index (χ3v) is 17.8. The second kappa shape index (κ2) is 19.2. The lowest BCUT2D eigenvalue weighted by Gasteiger charge is -2.35. The zero-order valence-corrected chi connectivity index (χ0v) is 46.0. The quantitative estimate of drug-likeness (QED) is 0.125. The Bertz CT molecular complexity index is 4510. The highest BCUT2D eigenvalue weighted by Crippen LogP contribution is 2.59. The summed E-state index contributed by atoms with van der Waals surface area (Å²) in [5.41, 5.74) is 27.7. The molecule has 0 atom stereocenters. The van der Waals surface area contributed by atoms with E-state index < -0.39 is 5.41 Å². The zero-order chi connectivity index (χ0) is 55.1. The Labute approximate surface area is 480 Å². The topological polar surface area (TPSA) is 8.17 Å². The Morgan fingerprint density at radius 1 is 0.341 bits per heavy atom. The number of fused-ring (bicyclic) bond motifs is 9. The summed E-state index contributed by atoms with van der Waals surface area (Å²) in [6.45, 7) is 12.8. The van der Waals surface area contributed by atoms with Crippen LogP contribution in [0.15, 0.2) is 292 Å². The van der Waals surface area contributed by atoms with E-state index in [4.69, 9.17) is 0 Å². The number of anilines is 3. The lowest BCUT2D eigenvalue weighted by Crippen LogP contribution is -2.29. The smallest absolute Gasteiger partial charge is 0.0715 e. The van der Waals surface area contributed by atoms with Crippen LogP contribution >= 0.6 is 0 Å². The van der Waals surface area contributed by atoms with Crippen molar-refractivity contribution < 1.29 is 0 Å². The molecule has 0 saturated heterocycles. The molecule has 0 N–H and O–H groups in total. The zero-order valence-electron chi connectivity index (χ0n) is 46.0. The van der Waals surface area contributed by atoms with Crippen LogP contribution in [0.25, 0.3) is 95.3 Å². The minimum atomic E-state index is -0.709. The van der Waals surface area contributed by atoms with E-state index in [1.165, 1.54) is 99.8 Å². The molecular formula is C80H58N2. The van der Waals surface area contributed by atoms with Gasteiger partial charge in [0.1, 0.15) is 0 Å². The predicted octanol–water partition coefficient (Wildman–Crippen LogP) is 21.2. The van der Waals surface area contributed by atoms with Crippen molar-refractivity contribution in [3.8, 4) is 61.3 Å².